The molecule has 1 aliphatic heterocycles. The fraction of sp³-hybridized carbons (Fsp3) is 0.167. The molecule has 0 saturated carbocycles. The van der Waals surface area contributed by atoms with Crippen molar-refractivity contribution in [2.45, 2.75) is 22.6 Å². The molecule has 3 heteroatoms. The summed E-state index contributed by atoms with van der Waals surface area (Å²) in [7, 11) is 0. The van der Waals surface area contributed by atoms with Gasteiger partial charge < -0.3 is 10.6 Å². The van der Waals surface area contributed by atoms with Gasteiger partial charge in [-0.15, -0.1) is 0 Å². The smallest absolute Gasteiger partial charge is 0.0553 e. The Morgan fingerprint density at radius 1 is 0.889 bits per heavy atom. The average molecular weight is 371 g/mol. The second kappa shape index (κ2) is 6.91. The van der Waals surface area contributed by atoms with Crippen LogP contribution in [-0.2, 0) is 6.42 Å². The van der Waals surface area contributed by atoms with Crippen molar-refractivity contribution in [3.05, 3.63) is 83.4 Å². The lowest BCUT2D eigenvalue weighted by Crippen LogP contribution is -2.23. The van der Waals surface area contributed by atoms with Crippen molar-refractivity contribution in [1.82, 2.24) is 0 Å². The lowest BCUT2D eigenvalue weighted by Gasteiger charge is -2.33. The van der Waals surface area contributed by atoms with Gasteiger partial charge in [-0.1, -0.05) is 60.3 Å². The van der Waals surface area contributed by atoms with Gasteiger partial charge in [0.15, 0.2) is 0 Å². The first-order valence-electron chi connectivity index (χ1n) is 9.51. The van der Waals surface area contributed by atoms with Crippen LogP contribution in [0.1, 0.15) is 23.1 Å². The summed E-state index contributed by atoms with van der Waals surface area (Å²) in [5.41, 5.74) is 13.9. The largest absolute Gasteiger partial charge is 0.340 e. The quantitative estimate of drug-likeness (QED) is 0.635. The van der Waals surface area contributed by atoms with E-state index in [0.29, 0.717) is 6.54 Å². The lowest BCUT2D eigenvalue weighted by molar-refractivity contribution is 0.807. The van der Waals surface area contributed by atoms with Crippen LogP contribution in [0.5, 0.6) is 0 Å². The fourth-order valence-corrected chi connectivity index (χ4v) is 5.12. The number of anilines is 2. The van der Waals surface area contributed by atoms with E-state index < -0.39 is 0 Å². The molecule has 0 aromatic heterocycles. The lowest BCUT2D eigenvalue weighted by atomic mass is 10.0. The van der Waals surface area contributed by atoms with Crippen LogP contribution in [0.3, 0.4) is 0 Å². The van der Waals surface area contributed by atoms with E-state index in [-0.39, 0.29) is 0 Å². The average Bonchev–Trinajstić information content (AvgIpc) is 3.15. The summed E-state index contributed by atoms with van der Waals surface area (Å²) in [6.45, 7) is 1.67. The normalized spacial score (nSPS) is 14.4. The SMILES string of the molecule is NCCCN1c2ccccc2Sc2cc(C3=Cc4ccccc4C3)ccc21. The summed E-state index contributed by atoms with van der Waals surface area (Å²) in [5.74, 6) is 0. The Morgan fingerprint density at radius 2 is 1.70 bits per heavy atom. The first-order chi connectivity index (χ1) is 13.3. The zero-order valence-corrected chi connectivity index (χ0v) is 16.0. The molecule has 0 fully saturated rings. The topological polar surface area (TPSA) is 29.3 Å². The highest BCUT2D eigenvalue weighted by Crippen LogP contribution is 2.49. The van der Waals surface area contributed by atoms with Gasteiger partial charge in [0.25, 0.3) is 0 Å². The van der Waals surface area contributed by atoms with Crippen molar-refractivity contribution in [3.63, 3.8) is 0 Å². The Morgan fingerprint density at radius 3 is 2.59 bits per heavy atom. The number of nitrogens with zero attached hydrogens (tertiary/aromatic N) is 1. The highest BCUT2D eigenvalue weighted by atomic mass is 32.2. The minimum Gasteiger partial charge on any atom is -0.340 e. The van der Waals surface area contributed by atoms with E-state index in [1.54, 1.807) is 0 Å². The summed E-state index contributed by atoms with van der Waals surface area (Å²) >= 11 is 1.88. The predicted molar refractivity (Wildman–Crippen MR) is 116 cm³/mol. The molecule has 0 atom stereocenters. The predicted octanol–water partition coefficient (Wildman–Crippen LogP) is 5.73. The molecule has 0 saturated heterocycles. The van der Waals surface area contributed by atoms with Gasteiger partial charge in [0.05, 0.1) is 11.4 Å². The third-order valence-electron chi connectivity index (χ3n) is 5.35. The van der Waals surface area contributed by atoms with Crippen LogP contribution in [0.4, 0.5) is 11.4 Å². The molecule has 3 aromatic rings. The molecule has 1 aliphatic carbocycles. The number of hydrogen-bond acceptors (Lipinski definition) is 3. The van der Waals surface area contributed by atoms with Crippen LogP contribution in [0, 0.1) is 0 Å². The Kier molecular flexibility index (Phi) is 4.27. The van der Waals surface area contributed by atoms with Gasteiger partial charge in [-0.3, -0.25) is 0 Å². The molecule has 5 rings (SSSR count). The Hall–Kier alpha value is -2.49. The number of rotatable bonds is 4. The highest BCUT2D eigenvalue weighted by molar-refractivity contribution is 7.99. The van der Waals surface area contributed by atoms with E-state index in [4.69, 9.17) is 5.73 Å². The van der Waals surface area contributed by atoms with Crippen LogP contribution >= 0.6 is 11.8 Å². The number of nitrogens with two attached hydrogens (primary N) is 1. The minimum absolute atomic E-state index is 0.713. The van der Waals surface area contributed by atoms with Gasteiger partial charge in [0, 0.05) is 16.3 Å². The van der Waals surface area contributed by atoms with Crippen molar-refractivity contribution in [2.24, 2.45) is 5.73 Å². The van der Waals surface area contributed by atoms with E-state index in [0.717, 1.165) is 19.4 Å². The van der Waals surface area contributed by atoms with Crippen molar-refractivity contribution < 1.29 is 0 Å². The molecule has 134 valence electrons. The maximum atomic E-state index is 5.79. The molecule has 2 aliphatic rings. The summed E-state index contributed by atoms with van der Waals surface area (Å²) in [6, 6.07) is 24.3. The minimum atomic E-state index is 0.713. The molecule has 0 bridgehead atoms. The molecular weight excluding hydrogens is 348 g/mol. The summed E-state index contributed by atoms with van der Waals surface area (Å²) in [5, 5.41) is 0. The van der Waals surface area contributed by atoms with Gasteiger partial charge in [-0.2, -0.15) is 0 Å². The molecular formula is C24H22N2S. The zero-order valence-electron chi connectivity index (χ0n) is 15.2. The third-order valence-corrected chi connectivity index (χ3v) is 6.46. The molecule has 2 nitrogen and oxygen atoms in total. The van der Waals surface area contributed by atoms with E-state index in [9.17, 15) is 0 Å². The van der Waals surface area contributed by atoms with Gasteiger partial charge >= 0.3 is 0 Å². The highest BCUT2D eigenvalue weighted by Gasteiger charge is 2.24. The summed E-state index contributed by atoms with van der Waals surface area (Å²) in [6.07, 6.45) is 4.35. The van der Waals surface area contributed by atoms with Gasteiger partial charge in [-0.25, -0.2) is 0 Å². The van der Waals surface area contributed by atoms with Crippen molar-refractivity contribution in [2.75, 3.05) is 18.0 Å². The van der Waals surface area contributed by atoms with Crippen molar-refractivity contribution in [1.29, 1.82) is 0 Å². The fourth-order valence-electron chi connectivity index (χ4n) is 3.99. The molecule has 2 N–H and O–H groups in total. The third kappa shape index (κ3) is 2.97. The van der Waals surface area contributed by atoms with Crippen molar-refractivity contribution >= 4 is 34.8 Å². The van der Waals surface area contributed by atoms with Gasteiger partial charge in [0.1, 0.15) is 0 Å². The Bertz CT molecular complexity index is 1040. The van der Waals surface area contributed by atoms with E-state index in [1.165, 1.54) is 43.4 Å². The van der Waals surface area contributed by atoms with Crippen LogP contribution in [0.25, 0.3) is 11.6 Å². The first-order valence-corrected chi connectivity index (χ1v) is 10.3. The summed E-state index contributed by atoms with van der Waals surface area (Å²) in [4.78, 5) is 5.08. The molecule has 0 amide bonds. The molecule has 3 aromatic carbocycles. The second-order valence-corrected chi connectivity index (χ2v) is 8.18. The molecule has 0 radical (unpaired) electrons. The summed E-state index contributed by atoms with van der Waals surface area (Å²) < 4.78 is 0. The Balaban J connectivity index is 1.53. The number of hydrogen-bond donors (Lipinski definition) is 1. The monoisotopic (exact) mass is 370 g/mol. The molecule has 27 heavy (non-hydrogen) atoms. The molecule has 0 unspecified atom stereocenters. The maximum absolute atomic E-state index is 5.79. The van der Waals surface area contributed by atoms with E-state index >= 15 is 0 Å². The van der Waals surface area contributed by atoms with E-state index in [2.05, 4.69) is 77.7 Å². The Labute approximate surface area is 164 Å². The second-order valence-electron chi connectivity index (χ2n) is 7.09. The number of allylic oxidation sites excluding steroid dienone is 1. The molecule has 0 spiro atoms. The maximum Gasteiger partial charge on any atom is 0.0553 e. The van der Waals surface area contributed by atoms with Crippen LogP contribution in [-0.4, -0.2) is 13.1 Å². The van der Waals surface area contributed by atoms with E-state index in [1.807, 2.05) is 11.8 Å². The van der Waals surface area contributed by atoms with Crippen LogP contribution < -0.4 is 10.6 Å². The van der Waals surface area contributed by atoms with Crippen LogP contribution in [0.2, 0.25) is 0 Å². The number of fused-ring (bicyclic) bond motifs is 3. The standard InChI is InChI=1S/C24H22N2S/c25-12-5-13-26-21-8-3-4-9-23(21)27-24-16-19(10-11-22(24)26)20-14-17-6-1-2-7-18(17)15-20/h1-4,6-11,14,16H,5,12-13,15,25H2. The van der Waals surface area contributed by atoms with Crippen molar-refractivity contribution in [3.8, 4) is 0 Å². The van der Waals surface area contributed by atoms with Gasteiger partial charge in [-0.05, 0) is 65.9 Å². The number of para-hydroxylation sites is 1. The first kappa shape index (κ1) is 16.7. The van der Waals surface area contributed by atoms with Crippen LogP contribution in [0.15, 0.2) is 76.5 Å². The van der Waals surface area contributed by atoms with Gasteiger partial charge in [0.2, 0.25) is 0 Å². The zero-order chi connectivity index (χ0) is 18.2. The molecule has 1 heterocycles. The number of benzene rings is 3.